The van der Waals surface area contributed by atoms with Crippen molar-refractivity contribution in [3.8, 4) is 0 Å². The molecule has 2 rings (SSSR count). The average Bonchev–Trinajstić information content (AvgIpc) is 2.45. The largest absolute Gasteiger partial charge is 0.271 e. The van der Waals surface area contributed by atoms with Crippen molar-refractivity contribution in [2.24, 2.45) is 0 Å². The Hall–Kier alpha value is -2.21. The molecule has 0 unspecified atom stereocenters. The number of carbonyl (C=O) groups is 2. The summed E-state index contributed by atoms with van der Waals surface area (Å²) in [4.78, 5) is 27.3. The second kappa shape index (κ2) is 6.10. The van der Waals surface area contributed by atoms with Crippen molar-refractivity contribution in [3.63, 3.8) is 0 Å². The van der Waals surface area contributed by atoms with Crippen molar-refractivity contribution in [1.29, 1.82) is 0 Å². The second-order valence-corrected chi connectivity index (χ2v) is 4.58. The lowest BCUT2D eigenvalue weighted by Gasteiger charge is -2.07. The van der Waals surface area contributed by atoms with Gasteiger partial charge < -0.3 is 0 Å². The van der Waals surface area contributed by atoms with Crippen LogP contribution in [0.4, 0.5) is 0 Å². The number of nitrogens with one attached hydrogen (secondary N) is 2. The minimum absolute atomic E-state index is 0.372. The molecule has 0 aliphatic rings. The molecule has 0 spiro atoms. The summed E-state index contributed by atoms with van der Waals surface area (Å²) < 4.78 is 0.790. The van der Waals surface area contributed by atoms with Crippen LogP contribution in [0.15, 0.2) is 53.3 Å². The Kier molecular flexibility index (Phi) is 4.25. The zero-order valence-electron chi connectivity index (χ0n) is 9.76. The maximum Gasteiger partial charge on any atom is 0.271 e. The lowest BCUT2D eigenvalue weighted by Crippen LogP contribution is -2.41. The molecule has 5 nitrogen and oxygen atoms in total. The predicted molar refractivity (Wildman–Crippen MR) is 73.3 cm³/mol. The highest BCUT2D eigenvalue weighted by Gasteiger charge is 2.08. The molecule has 19 heavy (non-hydrogen) atoms. The first kappa shape index (κ1) is 13.2. The number of amides is 2. The van der Waals surface area contributed by atoms with E-state index >= 15 is 0 Å². The van der Waals surface area contributed by atoms with Crippen LogP contribution in [0, 0.1) is 0 Å². The number of hydrazine groups is 1. The van der Waals surface area contributed by atoms with Gasteiger partial charge in [0.25, 0.3) is 11.8 Å². The Morgan fingerprint density at radius 3 is 2.32 bits per heavy atom. The number of hydrogen-bond acceptors (Lipinski definition) is 3. The Morgan fingerprint density at radius 2 is 1.68 bits per heavy atom. The van der Waals surface area contributed by atoms with Crippen molar-refractivity contribution < 1.29 is 9.59 Å². The van der Waals surface area contributed by atoms with E-state index < -0.39 is 11.8 Å². The highest BCUT2D eigenvalue weighted by atomic mass is 79.9. The SMILES string of the molecule is O=C(NNC(=O)c1cccc(Br)c1)c1cccnc1. The molecule has 0 aliphatic carbocycles. The molecule has 1 aromatic heterocycles. The van der Waals surface area contributed by atoms with Crippen LogP contribution in [0.1, 0.15) is 20.7 Å². The molecular formula is C13H10BrN3O2. The fraction of sp³-hybridized carbons (Fsp3) is 0. The minimum atomic E-state index is -0.420. The third-order valence-corrected chi connectivity index (χ3v) is 2.79. The van der Waals surface area contributed by atoms with Crippen molar-refractivity contribution in [3.05, 3.63) is 64.4 Å². The van der Waals surface area contributed by atoms with Gasteiger partial charge in [-0.1, -0.05) is 22.0 Å². The van der Waals surface area contributed by atoms with Crippen LogP contribution < -0.4 is 10.9 Å². The number of nitrogens with zero attached hydrogens (tertiary/aromatic N) is 1. The van der Waals surface area contributed by atoms with E-state index in [-0.39, 0.29) is 0 Å². The molecule has 0 saturated heterocycles. The van der Waals surface area contributed by atoms with Crippen LogP contribution in [0.2, 0.25) is 0 Å². The van der Waals surface area contributed by atoms with E-state index in [1.807, 2.05) is 6.07 Å². The quantitative estimate of drug-likeness (QED) is 0.831. The number of carbonyl (C=O) groups excluding carboxylic acids is 2. The maximum atomic E-state index is 11.8. The summed E-state index contributed by atoms with van der Waals surface area (Å²) in [5.74, 6) is -0.810. The highest BCUT2D eigenvalue weighted by Crippen LogP contribution is 2.11. The molecule has 0 saturated carbocycles. The molecule has 2 N–H and O–H groups in total. The number of rotatable bonds is 2. The number of aromatic nitrogens is 1. The van der Waals surface area contributed by atoms with Gasteiger partial charge in [0.15, 0.2) is 0 Å². The van der Waals surface area contributed by atoms with Crippen molar-refractivity contribution >= 4 is 27.7 Å². The molecule has 0 atom stereocenters. The molecule has 6 heteroatoms. The fourth-order valence-corrected chi connectivity index (χ4v) is 1.78. The number of halogens is 1. The van der Waals surface area contributed by atoms with E-state index in [2.05, 4.69) is 31.8 Å². The van der Waals surface area contributed by atoms with Gasteiger partial charge in [-0.2, -0.15) is 0 Å². The molecule has 0 bridgehead atoms. The summed E-state index contributed by atoms with van der Waals surface area (Å²) in [5, 5.41) is 0. The van der Waals surface area contributed by atoms with Crippen molar-refractivity contribution in [2.45, 2.75) is 0 Å². The van der Waals surface area contributed by atoms with Crippen LogP contribution in [0.25, 0.3) is 0 Å². The summed E-state index contributed by atoms with van der Waals surface area (Å²) in [7, 11) is 0. The number of hydrogen-bond donors (Lipinski definition) is 2. The van der Waals surface area contributed by atoms with Crippen LogP contribution >= 0.6 is 15.9 Å². The third kappa shape index (κ3) is 3.62. The van der Waals surface area contributed by atoms with Crippen LogP contribution in [-0.2, 0) is 0 Å². The van der Waals surface area contributed by atoms with Crippen LogP contribution in [-0.4, -0.2) is 16.8 Å². The lowest BCUT2D eigenvalue weighted by molar-refractivity contribution is 0.0846. The molecule has 96 valence electrons. The minimum Gasteiger partial charge on any atom is -0.267 e. The Morgan fingerprint density at radius 1 is 1.00 bits per heavy atom. The van der Waals surface area contributed by atoms with Gasteiger partial charge in [-0.3, -0.25) is 25.4 Å². The summed E-state index contributed by atoms with van der Waals surface area (Å²) in [6.45, 7) is 0. The summed E-state index contributed by atoms with van der Waals surface area (Å²) in [6, 6.07) is 10.1. The average molecular weight is 320 g/mol. The molecule has 2 aromatic rings. The first-order chi connectivity index (χ1) is 9.16. The van der Waals surface area contributed by atoms with Gasteiger partial charge in [0.05, 0.1) is 5.56 Å². The van der Waals surface area contributed by atoms with Gasteiger partial charge >= 0.3 is 0 Å². The van der Waals surface area contributed by atoms with E-state index in [1.54, 1.807) is 36.5 Å². The lowest BCUT2D eigenvalue weighted by atomic mass is 10.2. The van der Waals surface area contributed by atoms with E-state index in [0.717, 1.165) is 4.47 Å². The zero-order valence-corrected chi connectivity index (χ0v) is 11.3. The normalized spacial score (nSPS) is 9.74. The van der Waals surface area contributed by atoms with E-state index in [1.165, 1.54) is 6.20 Å². The smallest absolute Gasteiger partial charge is 0.267 e. The van der Waals surface area contributed by atoms with E-state index in [0.29, 0.717) is 11.1 Å². The fourth-order valence-electron chi connectivity index (χ4n) is 1.38. The van der Waals surface area contributed by atoms with Crippen molar-refractivity contribution in [1.82, 2.24) is 15.8 Å². The van der Waals surface area contributed by atoms with Gasteiger partial charge in [0.1, 0.15) is 0 Å². The van der Waals surface area contributed by atoms with Crippen LogP contribution in [0.3, 0.4) is 0 Å². The van der Waals surface area contributed by atoms with Gasteiger partial charge in [-0.05, 0) is 30.3 Å². The molecular weight excluding hydrogens is 310 g/mol. The molecule has 1 heterocycles. The molecule has 0 aliphatic heterocycles. The van der Waals surface area contributed by atoms with Crippen molar-refractivity contribution in [2.75, 3.05) is 0 Å². The first-order valence-corrected chi connectivity index (χ1v) is 6.22. The summed E-state index contributed by atoms with van der Waals surface area (Å²) >= 11 is 3.27. The van der Waals surface area contributed by atoms with E-state index in [4.69, 9.17) is 0 Å². The monoisotopic (exact) mass is 319 g/mol. The third-order valence-electron chi connectivity index (χ3n) is 2.30. The van der Waals surface area contributed by atoms with E-state index in [9.17, 15) is 9.59 Å². The molecule has 0 radical (unpaired) electrons. The predicted octanol–water partition coefficient (Wildman–Crippen LogP) is 1.92. The standard InChI is InChI=1S/C13H10BrN3O2/c14-11-5-1-3-9(7-11)12(18)16-17-13(19)10-4-2-6-15-8-10/h1-8H,(H,16,18)(H,17,19). The molecule has 1 aromatic carbocycles. The Bertz CT molecular complexity index is 602. The van der Waals surface area contributed by atoms with Gasteiger partial charge in [-0.15, -0.1) is 0 Å². The highest BCUT2D eigenvalue weighted by molar-refractivity contribution is 9.10. The van der Waals surface area contributed by atoms with Gasteiger partial charge in [-0.25, -0.2) is 0 Å². The summed E-state index contributed by atoms with van der Waals surface area (Å²) in [5.41, 5.74) is 5.48. The first-order valence-electron chi connectivity index (χ1n) is 5.43. The van der Waals surface area contributed by atoms with Crippen LogP contribution in [0.5, 0.6) is 0 Å². The Balaban J connectivity index is 1.96. The van der Waals surface area contributed by atoms with Gasteiger partial charge in [0.2, 0.25) is 0 Å². The Labute approximate surface area is 118 Å². The number of benzene rings is 1. The van der Waals surface area contributed by atoms with Gasteiger partial charge in [0, 0.05) is 22.4 Å². The second-order valence-electron chi connectivity index (χ2n) is 3.66. The molecule has 2 amide bonds. The number of pyridine rings is 1. The zero-order chi connectivity index (χ0) is 13.7. The molecule has 0 fully saturated rings. The maximum absolute atomic E-state index is 11.8. The summed E-state index contributed by atoms with van der Waals surface area (Å²) in [6.07, 6.45) is 2.98. The topological polar surface area (TPSA) is 71.1 Å².